The molecule has 35 heavy (non-hydrogen) atoms. The van der Waals surface area contributed by atoms with E-state index >= 15 is 0 Å². The summed E-state index contributed by atoms with van der Waals surface area (Å²) in [5.74, 6) is -0.421. The number of amidine groups is 1. The Hall–Kier alpha value is -2.67. The maximum atomic E-state index is 13.5. The summed E-state index contributed by atoms with van der Waals surface area (Å²) in [7, 11) is 0. The summed E-state index contributed by atoms with van der Waals surface area (Å²) in [6.45, 7) is 11.9. The zero-order chi connectivity index (χ0) is 25.4. The van der Waals surface area contributed by atoms with Gasteiger partial charge < -0.3 is 15.7 Å². The molecule has 6 nitrogen and oxygen atoms in total. The van der Waals surface area contributed by atoms with E-state index in [2.05, 4.69) is 0 Å². The fraction of sp³-hybridized carbons (Fsp3) is 0.464. The summed E-state index contributed by atoms with van der Waals surface area (Å²) in [5.41, 5.74) is 7.91. The van der Waals surface area contributed by atoms with Gasteiger partial charge in [0.25, 0.3) is 0 Å². The molecule has 0 aromatic heterocycles. The van der Waals surface area contributed by atoms with Crippen molar-refractivity contribution < 1.29 is 14.7 Å². The molecule has 1 saturated heterocycles. The van der Waals surface area contributed by atoms with Crippen LogP contribution in [0.15, 0.2) is 42.5 Å². The minimum absolute atomic E-state index is 0. The first-order chi connectivity index (χ1) is 15.7. The van der Waals surface area contributed by atoms with E-state index in [1.54, 1.807) is 17.0 Å². The number of rotatable bonds is 6. The number of phenolic OH excluding ortho intramolecular Hbond substituents is 1. The van der Waals surface area contributed by atoms with E-state index in [0.29, 0.717) is 29.5 Å². The molecule has 2 unspecified atom stereocenters. The Labute approximate surface area is 219 Å². The number of hydrogen-bond acceptors (Lipinski definition) is 4. The molecule has 1 amide bonds. The fourth-order valence-electron chi connectivity index (χ4n) is 4.64. The summed E-state index contributed by atoms with van der Waals surface area (Å²) in [5, 5.41) is 19.7. The lowest BCUT2D eigenvalue weighted by Crippen LogP contribution is -2.44. The lowest BCUT2D eigenvalue weighted by molar-refractivity contribution is -0.121. The second-order valence-corrected chi connectivity index (χ2v) is 11.4. The summed E-state index contributed by atoms with van der Waals surface area (Å²) in [6, 6.07) is 12.6. The van der Waals surface area contributed by atoms with Crippen molar-refractivity contribution in [3.8, 4) is 5.75 Å². The predicted octanol–water partition coefficient (Wildman–Crippen LogP) is 5.14. The maximum absolute atomic E-state index is 13.5. The first-order valence-corrected chi connectivity index (χ1v) is 11.8. The minimum Gasteiger partial charge on any atom is -0.507 e. The SMILES string of the molecule is Br.CC(C)(C)c1cc(C(=O)CN2C(=N)C(Cc3ccccc3)CC2C(N)=O)cc(C(C)(C)C)c1O. The number of likely N-dealkylation sites (tertiary alicyclic amines) is 1. The van der Waals surface area contributed by atoms with Crippen LogP contribution in [-0.4, -0.2) is 40.1 Å². The van der Waals surface area contributed by atoms with Gasteiger partial charge in [-0.1, -0.05) is 71.9 Å². The number of carbonyl (C=O) groups excluding carboxylic acids is 2. The predicted molar refractivity (Wildman–Crippen MR) is 146 cm³/mol. The number of carbonyl (C=O) groups is 2. The van der Waals surface area contributed by atoms with Gasteiger partial charge in [0.15, 0.2) is 5.78 Å². The quantitative estimate of drug-likeness (QED) is 0.438. The molecule has 2 aromatic rings. The number of amides is 1. The molecule has 2 atom stereocenters. The average Bonchev–Trinajstić information content (AvgIpc) is 3.03. The van der Waals surface area contributed by atoms with Crippen molar-refractivity contribution in [1.29, 1.82) is 5.41 Å². The Bertz CT molecular complexity index is 1070. The number of ketones is 1. The van der Waals surface area contributed by atoms with E-state index in [1.165, 1.54) is 0 Å². The molecular weight excluding hydrogens is 506 g/mol. The van der Waals surface area contributed by atoms with Crippen LogP contribution in [0.1, 0.15) is 75.0 Å². The van der Waals surface area contributed by atoms with Gasteiger partial charge in [0.1, 0.15) is 17.6 Å². The summed E-state index contributed by atoms with van der Waals surface area (Å²) >= 11 is 0. The van der Waals surface area contributed by atoms with Crippen LogP contribution in [-0.2, 0) is 22.0 Å². The molecule has 1 heterocycles. The molecule has 0 radical (unpaired) electrons. The standard InChI is InChI=1S/C28H37N3O3.BrH/c1-27(2,3)20-13-18(14-21(24(20)33)28(4,5)6)23(32)16-31-22(26(30)34)15-19(25(31)29)12-17-10-8-7-9-11-17;/h7-11,13-14,19,22,29,33H,12,15-16H2,1-6H3,(H2,30,34);1H. The molecule has 1 aliphatic rings. The van der Waals surface area contributed by atoms with E-state index < -0.39 is 11.9 Å². The number of aromatic hydroxyl groups is 1. The Balaban J connectivity index is 0.00000432. The highest BCUT2D eigenvalue weighted by molar-refractivity contribution is 8.93. The Morgan fingerprint density at radius 2 is 1.54 bits per heavy atom. The number of halogens is 1. The third-order valence-corrected chi connectivity index (χ3v) is 6.60. The topological polar surface area (TPSA) is 107 Å². The molecule has 4 N–H and O–H groups in total. The molecule has 190 valence electrons. The Morgan fingerprint density at radius 1 is 1.03 bits per heavy atom. The third kappa shape index (κ3) is 6.31. The average molecular weight is 545 g/mol. The van der Waals surface area contributed by atoms with Gasteiger partial charge in [-0.05, 0) is 41.4 Å². The van der Waals surface area contributed by atoms with Gasteiger partial charge in [-0.25, -0.2) is 0 Å². The molecule has 0 saturated carbocycles. The number of nitrogens with two attached hydrogens (primary N) is 1. The van der Waals surface area contributed by atoms with Crippen LogP contribution >= 0.6 is 17.0 Å². The number of nitrogens with zero attached hydrogens (tertiary/aromatic N) is 1. The summed E-state index contributed by atoms with van der Waals surface area (Å²) < 4.78 is 0. The van der Waals surface area contributed by atoms with Gasteiger partial charge >= 0.3 is 0 Å². The highest BCUT2D eigenvalue weighted by Crippen LogP contribution is 2.40. The first-order valence-electron chi connectivity index (χ1n) is 11.8. The van der Waals surface area contributed by atoms with Crippen LogP contribution in [0.25, 0.3) is 0 Å². The largest absolute Gasteiger partial charge is 0.507 e. The van der Waals surface area contributed by atoms with Crippen molar-refractivity contribution in [2.75, 3.05) is 6.54 Å². The van der Waals surface area contributed by atoms with Crippen LogP contribution in [0.5, 0.6) is 5.75 Å². The van der Waals surface area contributed by atoms with Crippen molar-refractivity contribution in [1.82, 2.24) is 4.90 Å². The van der Waals surface area contributed by atoms with Gasteiger partial charge in [0.2, 0.25) is 5.91 Å². The van der Waals surface area contributed by atoms with Crippen LogP contribution < -0.4 is 5.73 Å². The normalized spacial score (nSPS) is 18.3. The molecule has 0 spiro atoms. The van der Waals surface area contributed by atoms with Gasteiger partial charge in [-0.15, -0.1) is 17.0 Å². The number of benzene rings is 2. The minimum atomic E-state index is -0.688. The molecule has 2 aromatic carbocycles. The van der Waals surface area contributed by atoms with Crippen molar-refractivity contribution in [3.05, 3.63) is 64.7 Å². The summed E-state index contributed by atoms with van der Waals surface area (Å²) in [4.78, 5) is 27.3. The smallest absolute Gasteiger partial charge is 0.240 e. The second-order valence-electron chi connectivity index (χ2n) is 11.4. The van der Waals surface area contributed by atoms with Crippen molar-refractivity contribution in [2.45, 2.75) is 71.3 Å². The van der Waals surface area contributed by atoms with Gasteiger partial charge in [0, 0.05) is 22.6 Å². The first kappa shape index (κ1) is 28.6. The molecule has 0 bridgehead atoms. The van der Waals surface area contributed by atoms with Gasteiger partial charge in [-0.3, -0.25) is 15.0 Å². The number of Topliss-reactive ketones (excluding diaryl/α,β-unsaturated/α-hetero) is 1. The lowest BCUT2D eigenvalue weighted by atomic mass is 9.78. The monoisotopic (exact) mass is 543 g/mol. The van der Waals surface area contributed by atoms with E-state index in [-0.39, 0.29) is 57.6 Å². The van der Waals surface area contributed by atoms with Gasteiger partial charge in [-0.2, -0.15) is 0 Å². The van der Waals surface area contributed by atoms with E-state index in [0.717, 1.165) is 5.56 Å². The molecule has 0 aliphatic carbocycles. The van der Waals surface area contributed by atoms with E-state index in [9.17, 15) is 14.7 Å². The Morgan fingerprint density at radius 3 is 2.00 bits per heavy atom. The van der Waals surface area contributed by atoms with Crippen LogP contribution in [0.4, 0.5) is 0 Å². The maximum Gasteiger partial charge on any atom is 0.240 e. The van der Waals surface area contributed by atoms with Crippen molar-refractivity contribution >= 4 is 34.5 Å². The van der Waals surface area contributed by atoms with Crippen molar-refractivity contribution in [2.24, 2.45) is 11.7 Å². The molecule has 1 aliphatic heterocycles. The zero-order valence-corrected chi connectivity index (χ0v) is 23.2. The molecule has 3 rings (SSSR count). The lowest BCUT2D eigenvalue weighted by Gasteiger charge is -2.29. The number of phenols is 1. The molecule has 7 heteroatoms. The second kappa shape index (κ2) is 10.5. The molecular formula is C28H38BrN3O3. The zero-order valence-electron chi connectivity index (χ0n) is 21.5. The van der Waals surface area contributed by atoms with Gasteiger partial charge in [0.05, 0.1) is 6.54 Å². The highest BCUT2D eigenvalue weighted by atomic mass is 79.9. The van der Waals surface area contributed by atoms with Crippen LogP contribution in [0, 0.1) is 11.3 Å². The number of hydrogen-bond donors (Lipinski definition) is 3. The fourth-order valence-corrected chi connectivity index (χ4v) is 4.64. The van der Waals surface area contributed by atoms with Crippen LogP contribution in [0.2, 0.25) is 0 Å². The Kier molecular flexibility index (Phi) is 8.59. The summed E-state index contributed by atoms with van der Waals surface area (Å²) in [6.07, 6.45) is 1.04. The van der Waals surface area contributed by atoms with Crippen LogP contribution in [0.3, 0.4) is 0 Å². The number of nitrogens with one attached hydrogen (secondary N) is 1. The highest BCUT2D eigenvalue weighted by Gasteiger charge is 2.40. The molecule has 1 fully saturated rings. The third-order valence-electron chi connectivity index (χ3n) is 6.60. The van der Waals surface area contributed by atoms with E-state index in [1.807, 2.05) is 71.9 Å². The number of primary amides is 1. The van der Waals surface area contributed by atoms with E-state index in [4.69, 9.17) is 11.1 Å². The van der Waals surface area contributed by atoms with Crippen molar-refractivity contribution in [3.63, 3.8) is 0 Å².